The summed E-state index contributed by atoms with van der Waals surface area (Å²) in [7, 11) is -4.13. The number of rotatable bonds is 3. The molecule has 0 aromatic carbocycles. The van der Waals surface area contributed by atoms with E-state index in [1.165, 1.54) is 0 Å². The molecule has 4 atom stereocenters. The molecule has 2 rings (SSSR count). The maximum atomic E-state index is 11.1. The van der Waals surface area contributed by atoms with E-state index in [2.05, 4.69) is 4.18 Å². The molecule has 0 bridgehead atoms. The Balaban J connectivity index is 2.22. The van der Waals surface area contributed by atoms with Gasteiger partial charge in [0, 0.05) is 0 Å². The molecule has 0 aliphatic carbocycles. The van der Waals surface area contributed by atoms with Crippen LogP contribution in [0, 0.1) is 0 Å². The van der Waals surface area contributed by atoms with Gasteiger partial charge in [0.15, 0.2) is 17.4 Å². The monoisotopic (exact) mass is 369 g/mol. The Morgan fingerprint density at radius 1 is 1.08 bits per heavy atom. The van der Waals surface area contributed by atoms with Crippen molar-refractivity contribution in [3.63, 3.8) is 0 Å². The summed E-state index contributed by atoms with van der Waals surface area (Å²) < 4.78 is 56.1. The van der Waals surface area contributed by atoms with Gasteiger partial charge in [0.05, 0.1) is 12.7 Å². The largest absolute Gasteiger partial charge is 0.345 e. The van der Waals surface area contributed by atoms with Crippen LogP contribution in [0.2, 0.25) is 0 Å². The number of nitrogens with two attached hydrogens (primary N) is 1. The molecule has 2 aliphatic heterocycles. The second kappa shape index (κ2) is 6.44. The molecule has 0 unspecified atom stereocenters. The number of hydrogen-bond donors (Lipinski definition) is 1. The van der Waals surface area contributed by atoms with Gasteiger partial charge in [0.25, 0.3) is 0 Å². The molecule has 0 aromatic heterocycles. The summed E-state index contributed by atoms with van der Waals surface area (Å²) >= 11 is 0. The summed E-state index contributed by atoms with van der Waals surface area (Å²) in [6.45, 7) is 10.1. The zero-order valence-electron chi connectivity index (χ0n) is 14.9. The van der Waals surface area contributed by atoms with E-state index in [9.17, 15) is 8.42 Å². The molecular formula is C14H27NO8S. The fraction of sp³-hybridized carbons (Fsp3) is 1.00. The smallest absolute Gasteiger partial charge is 0.333 e. The summed E-state index contributed by atoms with van der Waals surface area (Å²) in [6.07, 6.45) is -1.09. The summed E-state index contributed by atoms with van der Waals surface area (Å²) in [4.78, 5) is 0. The van der Waals surface area contributed by atoms with E-state index in [1.54, 1.807) is 20.8 Å². The highest BCUT2D eigenvalue weighted by Gasteiger charge is 2.49. The van der Waals surface area contributed by atoms with Gasteiger partial charge in [-0.2, -0.15) is 8.42 Å². The molecule has 0 aromatic rings. The maximum Gasteiger partial charge on any atom is 0.333 e. The quantitative estimate of drug-likeness (QED) is 0.770. The van der Waals surface area contributed by atoms with Crippen LogP contribution in [0.25, 0.3) is 0 Å². The number of fused-ring (bicyclic) bond motifs is 1. The molecular weight excluding hydrogens is 342 g/mol. The highest BCUT2D eigenvalue weighted by Crippen LogP contribution is 2.36. The van der Waals surface area contributed by atoms with Crippen molar-refractivity contribution >= 4 is 10.3 Å². The standard InChI is InChI=1S/C14H27NO8S/c1-9-11-10(21-12(2,3)22-11)7-18-14(6,8-19-24(15,16)17)23-13(4,5)20-9/h9-11H,7-8H2,1-6H3,(H2,15,16,17)/t9-,10-,11+,14-/m1/s1. The average Bonchev–Trinajstić information content (AvgIpc) is 2.68. The summed E-state index contributed by atoms with van der Waals surface area (Å²) in [5.41, 5.74) is 0. The van der Waals surface area contributed by atoms with Crippen LogP contribution < -0.4 is 5.14 Å². The van der Waals surface area contributed by atoms with Gasteiger partial charge < -0.3 is 23.7 Å². The van der Waals surface area contributed by atoms with Crippen molar-refractivity contribution < 1.29 is 36.3 Å². The fourth-order valence-electron chi connectivity index (χ4n) is 3.00. The van der Waals surface area contributed by atoms with Crippen molar-refractivity contribution in [2.45, 2.75) is 77.2 Å². The van der Waals surface area contributed by atoms with Crippen molar-refractivity contribution in [2.75, 3.05) is 13.2 Å². The van der Waals surface area contributed by atoms with Gasteiger partial charge in [-0.3, -0.25) is 4.18 Å². The molecule has 10 heteroatoms. The molecule has 0 radical (unpaired) electrons. The third kappa shape index (κ3) is 5.33. The fourth-order valence-corrected chi connectivity index (χ4v) is 3.38. The zero-order valence-corrected chi connectivity index (χ0v) is 15.7. The first-order valence-corrected chi connectivity index (χ1v) is 9.22. The van der Waals surface area contributed by atoms with E-state index in [0.717, 1.165) is 0 Å². The topological polar surface area (TPSA) is 116 Å². The van der Waals surface area contributed by atoms with Gasteiger partial charge in [-0.25, -0.2) is 5.14 Å². The number of ether oxygens (including phenoxy) is 5. The lowest BCUT2D eigenvalue weighted by atomic mass is 10.1. The van der Waals surface area contributed by atoms with Crippen LogP contribution in [0.5, 0.6) is 0 Å². The lowest BCUT2D eigenvalue weighted by molar-refractivity contribution is -0.355. The highest BCUT2D eigenvalue weighted by atomic mass is 32.2. The first-order valence-electron chi connectivity index (χ1n) is 7.75. The van der Waals surface area contributed by atoms with Crippen molar-refractivity contribution in [1.29, 1.82) is 0 Å². The van der Waals surface area contributed by atoms with Gasteiger partial charge in [-0.05, 0) is 41.5 Å². The van der Waals surface area contributed by atoms with Gasteiger partial charge in [-0.1, -0.05) is 0 Å². The van der Waals surface area contributed by atoms with Crippen LogP contribution in [-0.2, 0) is 38.2 Å². The minimum Gasteiger partial charge on any atom is -0.345 e. The molecule has 2 heterocycles. The zero-order chi connectivity index (χ0) is 18.4. The van der Waals surface area contributed by atoms with Crippen LogP contribution >= 0.6 is 0 Å². The minimum atomic E-state index is -4.13. The Kier molecular flexibility index (Phi) is 5.36. The highest BCUT2D eigenvalue weighted by molar-refractivity contribution is 7.84. The average molecular weight is 369 g/mol. The third-order valence-electron chi connectivity index (χ3n) is 3.65. The molecule has 2 saturated heterocycles. The molecule has 2 N–H and O–H groups in total. The second-order valence-corrected chi connectivity index (χ2v) is 8.38. The molecule has 0 amide bonds. The van der Waals surface area contributed by atoms with E-state index in [0.29, 0.717) is 0 Å². The van der Waals surface area contributed by atoms with Crippen molar-refractivity contribution in [1.82, 2.24) is 0 Å². The van der Waals surface area contributed by atoms with Gasteiger partial charge >= 0.3 is 10.3 Å². The van der Waals surface area contributed by atoms with Crippen LogP contribution in [-0.4, -0.2) is 57.3 Å². The molecule has 2 aliphatic rings. The van der Waals surface area contributed by atoms with Gasteiger partial charge in [0.1, 0.15) is 18.8 Å². The summed E-state index contributed by atoms with van der Waals surface area (Å²) in [5.74, 6) is -3.25. The van der Waals surface area contributed by atoms with Crippen LogP contribution in [0.15, 0.2) is 0 Å². The maximum absolute atomic E-state index is 11.1. The Labute approximate surface area is 142 Å². The van der Waals surface area contributed by atoms with E-state index < -0.39 is 40.4 Å². The predicted molar refractivity (Wildman–Crippen MR) is 83.0 cm³/mol. The first-order chi connectivity index (χ1) is 10.7. The Morgan fingerprint density at radius 2 is 1.71 bits per heavy atom. The minimum absolute atomic E-state index is 0.113. The normalized spacial score (nSPS) is 39.5. The lowest BCUT2D eigenvalue weighted by Crippen LogP contribution is -2.47. The van der Waals surface area contributed by atoms with E-state index >= 15 is 0 Å². The molecule has 2 fully saturated rings. The number of hydrogen-bond acceptors (Lipinski definition) is 8. The van der Waals surface area contributed by atoms with Crippen LogP contribution in [0.1, 0.15) is 41.5 Å². The molecule has 142 valence electrons. The van der Waals surface area contributed by atoms with Gasteiger partial charge in [-0.15, -0.1) is 0 Å². The van der Waals surface area contributed by atoms with E-state index in [4.69, 9.17) is 28.8 Å². The van der Waals surface area contributed by atoms with Gasteiger partial charge in [0.2, 0.25) is 0 Å². The molecule has 0 spiro atoms. The lowest BCUT2D eigenvalue weighted by Gasteiger charge is -2.38. The van der Waals surface area contributed by atoms with Crippen LogP contribution in [0.4, 0.5) is 0 Å². The Bertz CT molecular complexity index is 563. The SMILES string of the molecule is C[C@H]1OC(C)(C)O[C@](C)(COS(N)(=O)=O)OC[C@H]2OC(C)(C)O[C@@H]12. The van der Waals surface area contributed by atoms with Crippen molar-refractivity contribution in [3.8, 4) is 0 Å². The molecule has 0 saturated carbocycles. The summed E-state index contributed by atoms with van der Waals surface area (Å²) in [5, 5.41) is 4.89. The Hall–Kier alpha value is -0.330. The van der Waals surface area contributed by atoms with E-state index in [-0.39, 0.29) is 18.8 Å². The summed E-state index contributed by atoms with van der Waals surface area (Å²) in [6, 6.07) is 0. The first kappa shape index (κ1) is 20.0. The second-order valence-electron chi connectivity index (χ2n) is 7.16. The van der Waals surface area contributed by atoms with E-state index in [1.807, 2.05) is 20.8 Å². The van der Waals surface area contributed by atoms with Crippen LogP contribution in [0.3, 0.4) is 0 Å². The molecule has 24 heavy (non-hydrogen) atoms. The van der Waals surface area contributed by atoms with Crippen molar-refractivity contribution in [3.05, 3.63) is 0 Å². The predicted octanol–water partition coefficient (Wildman–Crippen LogP) is 0.631. The molecule has 9 nitrogen and oxygen atoms in total. The van der Waals surface area contributed by atoms with Crippen molar-refractivity contribution in [2.24, 2.45) is 5.14 Å². The third-order valence-corrected chi connectivity index (χ3v) is 4.10. The Morgan fingerprint density at radius 3 is 2.29 bits per heavy atom.